The summed E-state index contributed by atoms with van der Waals surface area (Å²) < 4.78 is 0. The Morgan fingerprint density at radius 1 is 1.05 bits per heavy atom. The van der Waals surface area contributed by atoms with E-state index in [1.54, 1.807) is 12.1 Å². The summed E-state index contributed by atoms with van der Waals surface area (Å²) in [6.07, 6.45) is 1.82. The third kappa shape index (κ3) is 3.17. The summed E-state index contributed by atoms with van der Waals surface area (Å²) in [7, 11) is 0. The first-order valence-corrected chi connectivity index (χ1v) is 8.13. The molecule has 0 N–H and O–H groups in total. The number of carbonyl (C=O) groups excluding carboxylic acids is 1. The molecule has 0 aliphatic carbocycles. The number of ketones is 1. The van der Waals surface area contributed by atoms with Gasteiger partial charge in [-0.15, -0.1) is 0 Å². The number of rotatable bonds is 3. The van der Waals surface area contributed by atoms with Crippen molar-refractivity contribution in [3.8, 4) is 0 Å². The second-order valence-corrected chi connectivity index (χ2v) is 6.36. The molecule has 0 spiro atoms. The Hall–Kier alpha value is -1.80. The van der Waals surface area contributed by atoms with Gasteiger partial charge in [-0.2, -0.15) is 0 Å². The number of anilines is 1. The minimum Gasteiger partial charge on any atom is -0.371 e. The monoisotopic (exact) mass is 313 g/mol. The van der Waals surface area contributed by atoms with Gasteiger partial charge in [-0.05, 0) is 55.7 Å². The van der Waals surface area contributed by atoms with Gasteiger partial charge in [-0.25, -0.2) is 0 Å². The van der Waals surface area contributed by atoms with Gasteiger partial charge in [0.05, 0.1) is 0 Å². The fourth-order valence-electron chi connectivity index (χ4n) is 3.15. The van der Waals surface area contributed by atoms with Gasteiger partial charge in [-0.3, -0.25) is 4.79 Å². The molecule has 22 heavy (non-hydrogen) atoms. The summed E-state index contributed by atoms with van der Waals surface area (Å²) in [6.45, 7) is 4.02. The Bertz CT molecular complexity index is 657. The second kappa shape index (κ2) is 6.53. The normalized spacial score (nSPS) is 15.8. The van der Waals surface area contributed by atoms with Crippen molar-refractivity contribution >= 4 is 23.1 Å². The van der Waals surface area contributed by atoms with E-state index in [4.69, 9.17) is 11.6 Å². The van der Waals surface area contributed by atoms with Gasteiger partial charge < -0.3 is 4.90 Å². The molecule has 1 aliphatic rings. The number of aryl methyl sites for hydroxylation is 1. The molecule has 3 rings (SSSR count). The van der Waals surface area contributed by atoms with Crippen molar-refractivity contribution in [3.05, 3.63) is 64.7 Å². The van der Waals surface area contributed by atoms with Crippen molar-refractivity contribution in [1.29, 1.82) is 0 Å². The zero-order valence-electron chi connectivity index (χ0n) is 12.8. The molecule has 0 saturated carbocycles. The second-order valence-electron chi connectivity index (χ2n) is 5.92. The molecule has 0 unspecified atom stereocenters. The minimum atomic E-state index is 0.126. The Labute approximate surface area is 136 Å². The van der Waals surface area contributed by atoms with Gasteiger partial charge in [-0.1, -0.05) is 29.8 Å². The van der Waals surface area contributed by atoms with E-state index in [2.05, 4.69) is 36.1 Å². The van der Waals surface area contributed by atoms with E-state index in [-0.39, 0.29) is 11.7 Å². The topological polar surface area (TPSA) is 20.3 Å². The summed E-state index contributed by atoms with van der Waals surface area (Å²) in [4.78, 5) is 14.9. The molecular formula is C19H20ClNO. The van der Waals surface area contributed by atoms with Crippen LogP contribution in [0.15, 0.2) is 48.5 Å². The van der Waals surface area contributed by atoms with E-state index in [0.29, 0.717) is 5.02 Å². The maximum absolute atomic E-state index is 12.6. The van der Waals surface area contributed by atoms with Crippen LogP contribution in [0.25, 0.3) is 0 Å². The summed E-state index contributed by atoms with van der Waals surface area (Å²) in [5.41, 5.74) is 3.36. The number of carbonyl (C=O) groups is 1. The van der Waals surface area contributed by atoms with Crippen molar-refractivity contribution in [2.24, 2.45) is 5.92 Å². The maximum atomic E-state index is 12.6. The molecule has 2 aromatic rings. The van der Waals surface area contributed by atoms with Gasteiger partial charge in [0.25, 0.3) is 0 Å². The highest BCUT2D eigenvalue weighted by Gasteiger charge is 2.26. The lowest BCUT2D eigenvalue weighted by Gasteiger charge is -2.34. The lowest BCUT2D eigenvalue weighted by Crippen LogP contribution is -2.36. The van der Waals surface area contributed by atoms with Crippen molar-refractivity contribution < 1.29 is 4.79 Å². The van der Waals surface area contributed by atoms with E-state index in [0.717, 1.165) is 31.5 Å². The molecule has 3 heteroatoms. The fraction of sp³-hybridized carbons (Fsp3) is 0.316. The Morgan fingerprint density at radius 2 is 1.68 bits per heavy atom. The lowest BCUT2D eigenvalue weighted by molar-refractivity contribution is 0.0900. The molecule has 1 fully saturated rings. The van der Waals surface area contributed by atoms with Gasteiger partial charge in [0.15, 0.2) is 5.78 Å². The molecule has 2 nitrogen and oxygen atoms in total. The largest absolute Gasteiger partial charge is 0.371 e. The number of piperidine rings is 1. The molecule has 0 radical (unpaired) electrons. The predicted octanol–water partition coefficient (Wildman–Crippen LogP) is 4.75. The van der Waals surface area contributed by atoms with Crippen LogP contribution >= 0.6 is 11.6 Å². The molecule has 0 aromatic heterocycles. The summed E-state index contributed by atoms with van der Waals surface area (Å²) in [6, 6.07) is 15.7. The van der Waals surface area contributed by atoms with Crippen molar-refractivity contribution in [2.75, 3.05) is 18.0 Å². The number of Topliss-reactive ketones (excluding diaryl/α,β-unsaturated/α-hetero) is 1. The molecule has 1 aliphatic heterocycles. The van der Waals surface area contributed by atoms with Crippen LogP contribution in [0.2, 0.25) is 5.02 Å². The van der Waals surface area contributed by atoms with Crippen LogP contribution in [-0.2, 0) is 0 Å². The highest BCUT2D eigenvalue weighted by Crippen LogP contribution is 2.28. The summed E-state index contributed by atoms with van der Waals surface area (Å²) >= 11 is 5.89. The third-order valence-corrected chi connectivity index (χ3v) is 4.70. The van der Waals surface area contributed by atoms with E-state index in [1.807, 2.05) is 12.1 Å². The Kier molecular flexibility index (Phi) is 4.49. The van der Waals surface area contributed by atoms with Crippen LogP contribution in [0.4, 0.5) is 5.69 Å². The number of hydrogen-bond donors (Lipinski definition) is 0. The van der Waals surface area contributed by atoms with Crippen LogP contribution in [0.5, 0.6) is 0 Å². The number of halogens is 1. The number of para-hydroxylation sites is 1. The van der Waals surface area contributed by atoms with E-state index < -0.39 is 0 Å². The van der Waals surface area contributed by atoms with E-state index in [1.165, 1.54) is 11.3 Å². The lowest BCUT2D eigenvalue weighted by atomic mass is 9.88. The highest BCUT2D eigenvalue weighted by molar-refractivity contribution is 6.30. The van der Waals surface area contributed by atoms with Crippen LogP contribution < -0.4 is 4.90 Å². The zero-order chi connectivity index (χ0) is 15.5. The van der Waals surface area contributed by atoms with Crippen LogP contribution in [0.1, 0.15) is 28.8 Å². The first-order chi connectivity index (χ1) is 10.6. The minimum absolute atomic E-state index is 0.126. The Morgan fingerprint density at radius 3 is 2.32 bits per heavy atom. The molecule has 0 atom stereocenters. The number of nitrogens with zero attached hydrogens (tertiary/aromatic N) is 1. The van der Waals surface area contributed by atoms with E-state index in [9.17, 15) is 4.79 Å². The van der Waals surface area contributed by atoms with Crippen LogP contribution in [0, 0.1) is 12.8 Å². The third-order valence-electron chi connectivity index (χ3n) is 4.45. The van der Waals surface area contributed by atoms with Crippen LogP contribution in [-0.4, -0.2) is 18.9 Å². The average molecular weight is 314 g/mol. The first-order valence-electron chi connectivity index (χ1n) is 7.75. The SMILES string of the molecule is Cc1ccccc1N1CCC(C(=O)c2ccc(Cl)cc2)CC1. The number of hydrogen-bond acceptors (Lipinski definition) is 2. The molecule has 2 aromatic carbocycles. The first kappa shape index (κ1) is 15.1. The van der Waals surface area contributed by atoms with Gasteiger partial charge in [0.2, 0.25) is 0 Å². The average Bonchev–Trinajstić information content (AvgIpc) is 2.56. The van der Waals surface area contributed by atoms with Crippen molar-refractivity contribution in [2.45, 2.75) is 19.8 Å². The molecule has 1 saturated heterocycles. The molecular weight excluding hydrogens is 294 g/mol. The maximum Gasteiger partial charge on any atom is 0.166 e. The summed E-state index contributed by atoms with van der Waals surface area (Å²) in [5.74, 6) is 0.377. The molecule has 114 valence electrons. The number of benzene rings is 2. The van der Waals surface area contributed by atoms with Gasteiger partial charge in [0.1, 0.15) is 0 Å². The van der Waals surface area contributed by atoms with E-state index >= 15 is 0 Å². The van der Waals surface area contributed by atoms with Gasteiger partial charge >= 0.3 is 0 Å². The quantitative estimate of drug-likeness (QED) is 0.762. The predicted molar refractivity (Wildman–Crippen MR) is 91.9 cm³/mol. The van der Waals surface area contributed by atoms with Crippen molar-refractivity contribution in [1.82, 2.24) is 0 Å². The molecule has 0 amide bonds. The Balaban J connectivity index is 1.65. The molecule has 0 bridgehead atoms. The highest BCUT2D eigenvalue weighted by atomic mass is 35.5. The summed E-state index contributed by atoms with van der Waals surface area (Å²) in [5, 5.41) is 0.672. The standard InChI is InChI=1S/C19H20ClNO/c1-14-4-2-3-5-18(14)21-12-10-16(11-13-21)19(22)15-6-8-17(20)9-7-15/h2-9,16H,10-13H2,1H3. The van der Waals surface area contributed by atoms with Crippen LogP contribution in [0.3, 0.4) is 0 Å². The fourth-order valence-corrected chi connectivity index (χ4v) is 3.28. The zero-order valence-corrected chi connectivity index (χ0v) is 13.5. The smallest absolute Gasteiger partial charge is 0.166 e. The van der Waals surface area contributed by atoms with Gasteiger partial charge in [0, 0.05) is 35.3 Å². The molecule has 1 heterocycles. The van der Waals surface area contributed by atoms with Crippen molar-refractivity contribution in [3.63, 3.8) is 0 Å².